The van der Waals surface area contributed by atoms with Gasteiger partial charge in [-0.2, -0.15) is 5.10 Å². The Morgan fingerprint density at radius 1 is 1.50 bits per heavy atom. The third-order valence-corrected chi connectivity index (χ3v) is 4.01. The molecule has 110 valence electrons. The van der Waals surface area contributed by atoms with Crippen LogP contribution in [0.2, 0.25) is 0 Å². The van der Waals surface area contributed by atoms with Crippen LogP contribution in [0, 0.1) is 0 Å². The molecule has 1 unspecified atom stereocenters. The maximum absolute atomic E-state index is 10.5. The number of aromatic nitrogens is 2. The summed E-state index contributed by atoms with van der Waals surface area (Å²) in [7, 11) is 5.64. The second kappa shape index (κ2) is 6.88. The van der Waals surface area contributed by atoms with Crippen LogP contribution in [-0.4, -0.2) is 47.5 Å². The Morgan fingerprint density at radius 2 is 2.30 bits per heavy atom. The van der Waals surface area contributed by atoms with E-state index in [1.165, 1.54) is 0 Å². The van der Waals surface area contributed by atoms with Crippen LogP contribution in [0.3, 0.4) is 0 Å². The van der Waals surface area contributed by atoms with Crippen molar-refractivity contribution in [2.45, 2.75) is 19.1 Å². The number of methoxy groups -OCH3 is 1. The Hall–Kier alpha value is -1.37. The molecule has 1 atom stereocenters. The number of aliphatic hydroxyl groups excluding tert-OH is 1. The van der Waals surface area contributed by atoms with Crippen molar-refractivity contribution in [2.75, 3.05) is 27.7 Å². The van der Waals surface area contributed by atoms with Gasteiger partial charge in [-0.15, -0.1) is 11.3 Å². The summed E-state index contributed by atoms with van der Waals surface area (Å²) in [4.78, 5) is 3.24. The summed E-state index contributed by atoms with van der Waals surface area (Å²) in [5.74, 6) is 0.646. The van der Waals surface area contributed by atoms with Crippen LogP contribution in [0.1, 0.15) is 16.7 Å². The van der Waals surface area contributed by atoms with E-state index in [4.69, 9.17) is 4.74 Å². The van der Waals surface area contributed by atoms with Crippen LogP contribution in [-0.2, 0) is 13.0 Å². The molecule has 2 aromatic rings. The number of likely N-dealkylation sites (N-methyl/N-ethyl adjacent to an activating group) is 1. The van der Waals surface area contributed by atoms with Crippen LogP contribution < -0.4 is 4.74 Å². The highest BCUT2D eigenvalue weighted by molar-refractivity contribution is 7.09. The van der Waals surface area contributed by atoms with E-state index < -0.39 is 6.10 Å². The number of rotatable bonds is 7. The van der Waals surface area contributed by atoms with Crippen molar-refractivity contribution in [1.29, 1.82) is 0 Å². The zero-order chi connectivity index (χ0) is 14.5. The summed E-state index contributed by atoms with van der Waals surface area (Å²) in [6.07, 6.45) is 1.65. The summed E-state index contributed by atoms with van der Waals surface area (Å²) in [5, 5.41) is 16.8. The second-order valence-corrected chi connectivity index (χ2v) is 5.96. The van der Waals surface area contributed by atoms with Crippen molar-refractivity contribution < 1.29 is 9.84 Å². The van der Waals surface area contributed by atoms with Gasteiger partial charge in [0.1, 0.15) is 11.8 Å². The lowest BCUT2D eigenvalue weighted by molar-refractivity contribution is 0.162. The van der Waals surface area contributed by atoms with Crippen molar-refractivity contribution in [3.05, 3.63) is 34.3 Å². The number of hydrogen-bond donors (Lipinski definition) is 1. The topological polar surface area (TPSA) is 50.5 Å². The molecule has 0 amide bonds. The molecule has 0 aromatic carbocycles. The minimum Gasteiger partial charge on any atom is -0.493 e. The Balaban J connectivity index is 2.16. The highest BCUT2D eigenvalue weighted by atomic mass is 32.1. The molecule has 2 rings (SSSR count). The SMILES string of the molecule is COc1cnn(CCN(C)C)c1C(O)Cc1cccs1. The first-order valence-corrected chi connectivity index (χ1v) is 7.44. The van der Waals surface area contributed by atoms with Crippen molar-refractivity contribution in [2.24, 2.45) is 0 Å². The molecule has 2 aromatic heterocycles. The normalized spacial score (nSPS) is 12.8. The molecule has 0 bridgehead atoms. The first kappa shape index (κ1) is 15.0. The fraction of sp³-hybridized carbons (Fsp3) is 0.500. The molecule has 5 nitrogen and oxygen atoms in total. The Labute approximate surface area is 123 Å². The molecule has 0 spiro atoms. The van der Waals surface area contributed by atoms with Gasteiger partial charge in [0.2, 0.25) is 0 Å². The van der Waals surface area contributed by atoms with Crippen LogP contribution in [0.15, 0.2) is 23.7 Å². The molecule has 0 fully saturated rings. The molecular weight excluding hydrogens is 274 g/mol. The molecule has 1 N–H and O–H groups in total. The van der Waals surface area contributed by atoms with Gasteiger partial charge in [-0.05, 0) is 25.5 Å². The van der Waals surface area contributed by atoms with Crippen LogP contribution in [0.5, 0.6) is 5.75 Å². The monoisotopic (exact) mass is 295 g/mol. The van der Waals surface area contributed by atoms with Gasteiger partial charge >= 0.3 is 0 Å². The van der Waals surface area contributed by atoms with E-state index in [1.54, 1.807) is 24.6 Å². The number of nitrogens with zero attached hydrogens (tertiary/aromatic N) is 3. The predicted molar refractivity (Wildman–Crippen MR) is 80.3 cm³/mol. The Bertz CT molecular complexity index is 523. The van der Waals surface area contributed by atoms with Crippen LogP contribution in [0.4, 0.5) is 0 Å². The van der Waals surface area contributed by atoms with Gasteiger partial charge in [-0.25, -0.2) is 0 Å². The minimum atomic E-state index is -0.603. The van der Waals surface area contributed by atoms with Gasteiger partial charge in [0.15, 0.2) is 5.75 Å². The zero-order valence-electron chi connectivity index (χ0n) is 12.1. The largest absolute Gasteiger partial charge is 0.493 e. The molecule has 0 saturated carbocycles. The zero-order valence-corrected chi connectivity index (χ0v) is 12.9. The maximum Gasteiger partial charge on any atom is 0.162 e. The third kappa shape index (κ3) is 3.59. The predicted octanol–water partition coefficient (Wildman–Crippen LogP) is 1.79. The molecule has 0 saturated heterocycles. The van der Waals surface area contributed by atoms with E-state index in [1.807, 2.05) is 36.3 Å². The molecule has 6 heteroatoms. The van der Waals surface area contributed by atoms with Gasteiger partial charge in [0.25, 0.3) is 0 Å². The van der Waals surface area contributed by atoms with E-state index in [-0.39, 0.29) is 0 Å². The van der Waals surface area contributed by atoms with Gasteiger partial charge in [0.05, 0.1) is 19.9 Å². The fourth-order valence-electron chi connectivity index (χ4n) is 2.06. The van der Waals surface area contributed by atoms with Crippen LogP contribution >= 0.6 is 11.3 Å². The molecule has 0 radical (unpaired) electrons. The van der Waals surface area contributed by atoms with E-state index >= 15 is 0 Å². The van der Waals surface area contributed by atoms with Gasteiger partial charge in [0, 0.05) is 17.8 Å². The highest BCUT2D eigenvalue weighted by Gasteiger charge is 2.20. The molecule has 0 aliphatic heterocycles. The Kier molecular flexibility index (Phi) is 5.17. The first-order valence-electron chi connectivity index (χ1n) is 6.56. The third-order valence-electron chi connectivity index (χ3n) is 3.11. The summed E-state index contributed by atoms with van der Waals surface area (Å²) >= 11 is 1.65. The molecule has 20 heavy (non-hydrogen) atoms. The number of ether oxygens (including phenoxy) is 1. The quantitative estimate of drug-likeness (QED) is 0.846. The molecule has 2 heterocycles. The Morgan fingerprint density at radius 3 is 2.90 bits per heavy atom. The van der Waals surface area contributed by atoms with Crippen molar-refractivity contribution >= 4 is 11.3 Å². The van der Waals surface area contributed by atoms with Crippen molar-refractivity contribution in [1.82, 2.24) is 14.7 Å². The summed E-state index contributed by atoms with van der Waals surface area (Å²) in [6.45, 7) is 1.59. The highest BCUT2D eigenvalue weighted by Crippen LogP contribution is 2.28. The maximum atomic E-state index is 10.5. The standard InChI is InChI=1S/C14H21N3O2S/c1-16(2)6-7-17-14(13(19-3)10-15-17)12(18)9-11-5-4-8-20-11/h4-5,8,10,12,18H,6-7,9H2,1-3H3. The van der Waals surface area contributed by atoms with Crippen molar-refractivity contribution in [3.63, 3.8) is 0 Å². The lowest BCUT2D eigenvalue weighted by atomic mass is 10.1. The summed E-state index contributed by atoms with van der Waals surface area (Å²) in [5.41, 5.74) is 0.753. The first-order chi connectivity index (χ1) is 9.61. The van der Waals surface area contributed by atoms with Gasteiger partial charge in [-0.3, -0.25) is 4.68 Å². The number of hydrogen-bond acceptors (Lipinski definition) is 5. The summed E-state index contributed by atoms with van der Waals surface area (Å²) < 4.78 is 7.15. The average molecular weight is 295 g/mol. The van der Waals surface area contributed by atoms with Gasteiger partial charge in [-0.1, -0.05) is 6.07 Å². The smallest absolute Gasteiger partial charge is 0.162 e. The lowest BCUT2D eigenvalue weighted by Crippen LogP contribution is -2.21. The number of thiophene rings is 1. The van der Waals surface area contributed by atoms with Gasteiger partial charge < -0.3 is 14.7 Å². The number of aliphatic hydroxyl groups is 1. The molecule has 0 aliphatic carbocycles. The van der Waals surface area contributed by atoms with E-state index in [0.717, 1.165) is 23.7 Å². The average Bonchev–Trinajstić information content (AvgIpc) is 3.04. The molecule has 0 aliphatic rings. The molecular formula is C14H21N3O2S. The fourth-order valence-corrected chi connectivity index (χ4v) is 2.80. The van der Waals surface area contributed by atoms with Crippen molar-refractivity contribution in [3.8, 4) is 5.75 Å². The minimum absolute atomic E-state index is 0.585. The second-order valence-electron chi connectivity index (χ2n) is 4.92. The lowest BCUT2D eigenvalue weighted by Gasteiger charge is -2.16. The summed E-state index contributed by atoms with van der Waals surface area (Å²) in [6, 6.07) is 4.02. The van der Waals surface area contributed by atoms with E-state index in [0.29, 0.717) is 12.2 Å². The van der Waals surface area contributed by atoms with Crippen LogP contribution in [0.25, 0.3) is 0 Å². The van der Waals surface area contributed by atoms with E-state index in [9.17, 15) is 5.11 Å². The van der Waals surface area contributed by atoms with E-state index in [2.05, 4.69) is 10.00 Å².